The third-order valence-corrected chi connectivity index (χ3v) is 3.48. The molecule has 1 unspecified atom stereocenters. The van der Waals surface area contributed by atoms with E-state index in [2.05, 4.69) is 10.3 Å². The summed E-state index contributed by atoms with van der Waals surface area (Å²) in [5.74, 6) is -0.206. The summed E-state index contributed by atoms with van der Waals surface area (Å²) in [5.41, 5.74) is 1.11. The van der Waals surface area contributed by atoms with Crippen molar-refractivity contribution < 1.29 is 9.59 Å². The van der Waals surface area contributed by atoms with Crippen molar-refractivity contribution >= 4 is 22.6 Å². The van der Waals surface area contributed by atoms with Crippen molar-refractivity contribution in [1.82, 2.24) is 10.3 Å². The fourth-order valence-electron chi connectivity index (χ4n) is 2.25. The fourth-order valence-corrected chi connectivity index (χ4v) is 2.25. The highest BCUT2D eigenvalue weighted by molar-refractivity contribution is 5.98. The average Bonchev–Trinajstić information content (AvgIpc) is 2.50. The summed E-state index contributed by atoms with van der Waals surface area (Å²) >= 11 is 0. The Bertz CT molecular complexity index is 665. The fraction of sp³-hybridized carbons (Fsp3) is 0.353. The van der Waals surface area contributed by atoms with Gasteiger partial charge in [0.05, 0.1) is 11.6 Å². The van der Waals surface area contributed by atoms with E-state index in [1.807, 2.05) is 44.2 Å². The molecule has 0 aliphatic carbocycles. The van der Waals surface area contributed by atoms with E-state index in [1.54, 1.807) is 13.0 Å². The van der Waals surface area contributed by atoms with Gasteiger partial charge in [-0.1, -0.05) is 45.0 Å². The van der Waals surface area contributed by atoms with Gasteiger partial charge in [-0.05, 0) is 18.1 Å². The number of hydrogen-bond donors (Lipinski definition) is 1. The largest absolute Gasteiger partial charge is 0.341 e. The highest BCUT2D eigenvalue weighted by atomic mass is 16.2. The third-order valence-electron chi connectivity index (χ3n) is 3.48. The number of fused-ring (bicyclic) bond motifs is 1. The highest BCUT2D eigenvalue weighted by Gasteiger charge is 2.23. The van der Waals surface area contributed by atoms with Crippen molar-refractivity contribution in [3.63, 3.8) is 0 Å². The van der Waals surface area contributed by atoms with Gasteiger partial charge in [-0.2, -0.15) is 0 Å². The van der Waals surface area contributed by atoms with Gasteiger partial charge in [0.2, 0.25) is 0 Å². The molecule has 4 heteroatoms. The topological polar surface area (TPSA) is 59.1 Å². The number of nitrogens with zero attached hydrogens (tertiary/aromatic N) is 1. The molecule has 1 aromatic carbocycles. The standard InChI is InChI=1S/C17H20N2O2/c1-4-15(20)16(11(2)3)19-17(21)14-10-9-12-7-5-6-8-13(12)18-14/h5-11,16H,4H2,1-3H3,(H,19,21). The van der Waals surface area contributed by atoms with Crippen molar-refractivity contribution in [2.24, 2.45) is 5.92 Å². The summed E-state index contributed by atoms with van der Waals surface area (Å²) in [5, 5.41) is 3.78. The van der Waals surface area contributed by atoms with Crippen LogP contribution >= 0.6 is 0 Å². The molecule has 0 bridgehead atoms. The maximum Gasteiger partial charge on any atom is 0.270 e. The van der Waals surface area contributed by atoms with E-state index in [0.717, 1.165) is 10.9 Å². The molecule has 110 valence electrons. The molecule has 2 aromatic rings. The van der Waals surface area contributed by atoms with Crippen molar-refractivity contribution in [2.45, 2.75) is 33.2 Å². The molecule has 0 fully saturated rings. The molecule has 0 radical (unpaired) electrons. The van der Waals surface area contributed by atoms with E-state index in [4.69, 9.17) is 0 Å². The van der Waals surface area contributed by atoms with Crippen molar-refractivity contribution in [3.05, 3.63) is 42.1 Å². The summed E-state index contributed by atoms with van der Waals surface area (Å²) < 4.78 is 0. The number of hydrogen-bond acceptors (Lipinski definition) is 3. The molecule has 0 aliphatic heterocycles. The minimum atomic E-state index is -0.462. The number of para-hydroxylation sites is 1. The monoisotopic (exact) mass is 284 g/mol. The second kappa shape index (κ2) is 6.48. The Morgan fingerprint density at radius 3 is 2.52 bits per heavy atom. The maximum absolute atomic E-state index is 12.3. The van der Waals surface area contributed by atoms with Gasteiger partial charge in [-0.25, -0.2) is 4.98 Å². The summed E-state index contributed by atoms with van der Waals surface area (Å²) in [6.45, 7) is 5.65. The number of pyridine rings is 1. The summed E-state index contributed by atoms with van der Waals surface area (Å²) in [7, 11) is 0. The van der Waals surface area contributed by atoms with E-state index in [0.29, 0.717) is 12.1 Å². The predicted molar refractivity (Wildman–Crippen MR) is 83.1 cm³/mol. The van der Waals surface area contributed by atoms with Crippen molar-refractivity contribution in [3.8, 4) is 0 Å². The number of rotatable bonds is 5. The van der Waals surface area contributed by atoms with Crippen LogP contribution in [0.5, 0.6) is 0 Å². The van der Waals surface area contributed by atoms with Gasteiger partial charge in [-0.3, -0.25) is 9.59 Å². The molecule has 1 N–H and O–H groups in total. The van der Waals surface area contributed by atoms with Crippen LogP contribution in [0.1, 0.15) is 37.7 Å². The maximum atomic E-state index is 12.3. The predicted octanol–water partition coefficient (Wildman–Crippen LogP) is 2.97. The zero-order valence-corrected chi connectivity index (χ0v) is 12.6. The summed E-state index contributed by atoms with van der Waals surface area (Å²) in [6.07, 6.45) is 0.411. The molecule has 4 nitrogen and oxygen atoms in total. The van der Waals surface area contributed by atoms with E-state index in [9.17, 15) is 9.59 Å². The zero-order chi connectivity index (χ0) is 15.4. The van der Waals surface area contributed by atoms with Gasteiger partial charge in [0.1, 0.15) is 5.69 Å². The molecule has 1 amide bonds. The molecule has 1 atom stereocenters. The van der Waals surface area contributed by atoms with Crippen LogP contribution in [0.25, 0.3) is 10.9 Å². The molecule has 2 rings (SSSR count). The molecule has 1 heterocycles. The Hall–Kier alpha value is -2.23. The Morgan fingerprint density at radius 1 is 1.14 bits per heavy atom. The first-order valence-corrected chi connectivity index (χ1v) is 7.22. The number of Topliss-reactive ketones (excluding diaryl/α,β-unsaturated/α-hetero) is 1. The number of aromatic nitrogens is 1. The number of ketones is 1. The van der Waals surface area contributed by atoms with E-state index in [1.165, 1.54) is 0 Å². The quantitative estimate of drug-likeness (QED) is 0.918. The van der Waals surface area contributed by atoms with Gasteiger partial charge < -0.3 is 5.32 Å². The number of carbonyl (C=O) groups excluding carboxylic acids is 2. The van der Waals surface area contributed by atoms with Gasteiger partial charge >= 0.3 is 0 Å². The van der Waals surface area contributed by atoms with Crippen LogP contribution in [0.15, 0.2) is 36.4 Å². The molecule has 0 aliphatic rings. The van der Waals surface area contributed by atoms with Crippen LogP contribution in [0.4, 0.5) is 0 Å². The molecule has 0 spiro atoms. The average molecular weight is 284 g/mol. The smallest absolute Gasteiger partial charge is 0.270 e. The summed E-state index contributed by atoms with van der Waals surface area (Å²) in [6, 6.07) is 10.7. The highest BCUT2D eigenvalue weighted by Crippen LogP contribution is 2.12. The molecule has 0 saturated carbocycles. The first kappa shape index (κ1) is 15.2. The molecule has 0 saturated heterocycles. The molecule has 1 aromatic heterocycles. The van der Waals surface area contributed by atoms with E-state index < -0.39 is 6.04 Å². The lowest BCUT2D eigenvalue weighted by molar-refractivity contribution is -0.121. The first-order chi connectivity index (χ1) is 10.0. The van der Waals surface area contributed by atoms with Crippen molar-refractivity contribution in [2.75, 3.05) is 0 Å². The second-order valence-electron chi connectivity index (χ2n) is 5.40. The molecule has 21 heavy (non-hydrogen) atoms. The van der Waals surface area contributed by atoms with Crippen LogP contribution in [0.3, 0.4) is 0 Å². The van der Waals surface area contributed by atoms with E-state index >= 15 is 0 Å². The van der Waals surface area contributed by atoms with Gasteiger partial charge in [0.15, 0.2) is 5.78 Å². The lowest BCUT2D eigenvalue weighted by Crippen LogP contribution is -2.44. The lowest BCUT2D eigenvalue weighted by atomic mass is 9.98. The van der Waals surface area contributed by atoms with Crippen molar-refractivity contribution in [1.29, 1.82) is 0 Å². The SMILES string of the molecule is CCC(=O)C(NC(=O)c1ccc2ccccc2n1)C(C)C. The number of nitrogens with one attached hydrogen (secondary N) is 1. The summed E-state index contributed by atoms with van der Waals surface area (Å²) in [4.78, 5) is 28.5. The Balaban J connectivity index is 2.23. The van der Waals surface area contributed by atoms with Crippen LogP contribution in [-0.4, -0.2) is 22.7 Å². The second-order valence-corrected chi connectivity index (χ2v) is 5.40. The Labute approximate surface area is 124 Å². The van der Waals surface area contributed by atoms with Gasteiger partial charge in [0, 0.05) is 11.8 Å². The Morgan fingerprint density at radius 2 is 1.86 bits per heavy atom. The van der Waals surface area contributed by atoms with Crippen LogP contribution in [0.2, 0.25) is 0 Å². The first-order valence-electron chi connectivity index (χ1n) is 7.22. The molecular weight excluding hydrogens is 264 g/mol. The minimum absolute atomic E-state index is 0.0409. The lowest BCUT2D eigenvalue weighted by Gasteiger charge is -2.20. The minimum Gasteiger partial charge on any atom is -0.341 e. The zero-order valence-electron chi connectivity index (χ0n) is 12.6. The molecular formula is C17H20N2O2. The number of amides is 1. The van der Waals surface area contributed by atoms with Crippen LogP contribution in [-0.2, 0) is 4.79 Å². The number of benzene rings is 1. The van der Waals surface area contributed by atoms with Crippen LogP contribution in [0, 0.1) is 5.92 Å². The normalized spacial score (nSPS) is 12.4. The Kier molecular flexibility index (Phi) is 4.68. The van der Waals surface area contributed by atoms with Gasteiger partial charge in [0.25, 0.3) is 5.91 Å². The van der Waals surface area contributed by atoms with E-state index in [-0.39, 0.29) is 17.6 Å². The third kappa shape index (κ3) is 3.45. The van der Waals surface area contributed by atoms with Crippen LogP contribution < -0.4 is 5.32 Å². The van der Waals surface area contributed by atoms with Gasteiger partial charge in [-0.15, -0.1) is 0 Å². The number of carbonyl (C=O) groups is 2.